The number of hydrogen-bond acceptors (Lipinski definition) is 4. The van der Waals surface area contributed by atoms with Crippen molar-refractivity contribution in [1.82, 2.24) is 5.32 Å². The molecule has 0 fully saturated rings. The lowest BCUT2D eigenvalue weighted by Gasteiger charge is -2.30. The maximum Gasteiger partial charge on any atom is 0.264 e. The highest BCUT2D eigenvalue weighted by Gasteiger charge is 2.29. The molecule has 0 saturated carbocycles. The summed E-state index contributed by atoms with van der Waals surface area (Å²) in [5, 5.41) is 2.91. The first-order chi connectivity index (χ1) is 16.3. The van der Waals surface area contributed by atoms with Crippen LogP contribution in [-0.2, 0) is 21.2 Å². The van der Waals surface area contributed by atoms with Gasteiger partial charge in [-0.15, -0.1) is 0 Å². The Morgan fingerprint density at radius 1 is 1.12 bits per heavy atom. The molecule has 6 nitrogen and oxygen atoms in total. The summed E-state index contributed by atoms with van der Waals surface area (Å²) in [5.41, 5.74) is 3.41. The van der Waals surface area contributed by atoms with Crippen molar-refractivity contribution in [3.8, 4) is 5.75 Å². The number of nitrogens with one attached hydrogen (secondary N) is 1. The van der Waals surface area contributed by atoms with Gasteiger partial charge in [0.05, 0.1) is 16.6 Å². The number of anilines is 1. The van der Waals surface area contributed by atoms with Crippen LogP contribution in [-0.4, -0.2) is 27.5 Å². The molecular formula is C26H27BrN2O4S. The lowest BCUT2D eigenvalue weighted by Crippen LogP contribution is -2.35. The van der Waals surface area contributed by atoms with Gasteiger partial charge in [-0.25, -0.2) is 8.42 Å². The molecule has 1 aliphatic heterocycles. The third-order valence-corrected chi connectivity index (χ3v) is 8.19. The van der Waals surface area contributed by atoms with Crippen LogP contribution in [0.15, 0.2) is 76.1 Å². The van der Waals surface area contributed by atoms with E-state index in [2.05, 4.69) is 21.2 Å². The summed E-state index contributed by atoms with van der Waals surface area (Å²) in [7, 11) is -3.70. The zero-order valence-electron chi connectivity index (χ0n) is 19.1. The molecule has 0 bridgehead atoms. The van der Waals surface area contributed by atoms with Crippen LogP contribution in [0.4, 0.5) is 5.69 Å². The van der Waals surface area contributed by atoms with Crippen molar-refractivity contribution in [2.75, 3.05) is 17.5 Å². The normalized spacial score (nSPS) is 14.3. The Morgan fingerprint density at radius 2 is 1.91 bits per heavy atom. The van der Waals surface area contributed by atoms with Crippen LogP contribution in [0.3, 0.4) is 0 Å². The minimum atomic E-state index is -3.70. The van der Waals surface area contributed by atoms with Gasteiger partial charge in [-0.1, -0.05) is 46.3 Å². The highest BCUT2D eigenvalue weighted by molar-refractivity contribution is 9.10. The molecular weight excluding hydrogens is 516 g/mol. The second-order valence-corrected chi connectivity index (χ2v) is 11.1. The van der Waals surface area contributed by atoms with Crippen LogP contribution in [0.2, 0.25) is 0 Å². The second kappa shape index (κ2) is 10.2. The van der Waals surface area contributed by atoms with Gasteiger partial charge < -0.3 is 10.1 Å². The smallest absolute Gasteiger partial charge is 0.264 e. The van der Waals surface area contributed by atoms with Crippen LogP contribution in [0.25, 0.3) is 0 Å². The van der Waals surface area contributed by atoms with Crippen molar-refractivity contribution < 1.29 is 17.9 Å². The summed E-state index contributed by atoms with van der Waals surface area (Å²) in [6, 6.07) is 19.9. The fraction of sp³-hybridized carbons (Fsp3) is 0.269. The number of ether oxygens (including phenoxy) is 1. The monoisotopic (exact) mass is 542 g/mol. The molecule has 1 atom stereocenters. The Kier molecular flexibility index (Phi) is 7.28. The van der Waals surface area contributed by atoms with Crippen molar-refractivity contribution in [3.05, 3.63) is 87.9 Å². The van der Waals surface area contributed by atoms with Crippen molar-refractivity contribution in [2.45, 2.75) is 37.6 Å². The quantitative estimate of drug-likeness (QED) is 0.447. The van der Waals surface area contributed by atoms with E-state index in [1.54, 1.807) is 19.1 Å². The maximum atomic E-state index is 13.4. The van der Waals surface area contributed by atoms with E-state index in [4.69, 9.17) is 4.74 Å². The summed E-state index contributed by atoms with van der Waals surface area (Å²) < 4.78 is 34.9. The molecule has 0 saturated heterocycles. The third kappa shape index (κ3) is 5.28. The number of sulfonamides is 1. The van der Waals surface area contributed by atoms with Gasteiger partial charge in [0.25, 0.3) is 15.9 Å². The highest BCUT2D eigenvalue weighted by atomic mass is 79.9. The molecule has 178 valence electrons. The van der Waals surface area contributed by atoms with E-state index in [1.165, 1.54) is 10.4 Å². The van der Waals surface area contributed by atoms with Gasteiger partial charge in [-0.2, -0.15) is 0 Å². The number of aryl methyl sites for hydroxylation is 2. The molecule has 0 aliphatic carbocycles. The molecule has 1 N–H and O–H groups in total. The minimum absolute atomic E-state index is 0.162. The SMILES string of the molecule is Cc1cc(S(=O)(=O)N2CCCc3ccccc32)ccc1OCC(=O)NC(C)c1cccc(Br)c1. The summed E-state index contributed by atoms with van der Waals surface area (Å²) in [4.78, 5) is 12.6. The number of fused-ring (bicyclic) bond motifs is 1. The Labute approximate surface area is 209 Å². The summed E-state index contributed by atoms with van der Waals surface area (Å²) in [5.74, 6) is 0.219. The summed E-state index contributed by atoms with van der Waals surface area (Å²) >= 11 is 3.44. The van der Waals surface area contributed by atoms with Gasteiger partial charge in [0.2, 0.25) is 0 Å². The lowest BCUT2D eigenvalue weighted by molar-refractivity contribution is -0.123. The van der Waals surface area contributed by atoms with Crippen molar-refractivity contribution >= 4 is 37.5 Å². The summed E-state index contributed by atoms with van der Waals surface area (Å²) in [6.45, 7) is 3.97. The molecule has 0 spiro atoms. The zero-order valence-corrected chi connectivity index (χ0v) is 21.5. The van der Waals surface area contributed by atoms with E-state index in [1.807, 2.05) is 55.5 Å². The largest absolute Gasteiger partial charge is 0.484 e. The van der Waals surface area contributed by atoms with Gasteiger partial charge >= 0.3 is 0 Å². The first-order valence-electron chi connectivity index (χ1n) is 11.1. The summed E-state index contributed by atoms with van der Waals surface area (Å²) in [6.07, 6.45) is 1.65. The second-order valence-electron chi connectivity index (χ2n) is 8.37. The average Bonchev–Trinajstić information content (AvgIpc) is 2.82. The van der Waals surface area contributed by atoms with E-state index in [-0.39, 0.29) is 23.5 Å². The lowest BCUT2D eigenvalue weighted by atomic mass is 10.0. The number of nitrogens with zero attached hydrogens (tertiary/aromatic N) is 1. The molecule has 4 rings (SSSR count). The van der Waals surface area contributed by atoms with Crippen LogP contribution >= 0.6 is 15.9 Å². The number of carbonyl (C=O) groups excluding carboxylic acids is 1. The fourth-order valence-corrected chi connectivity index (χ4v) is 6.15. The fourth-order valence-electron chi connectivity index (χ4n) is 4.11. The number of para-hydroxylation sites is 1. The predicted octanol–water partition coefficient (Wildman–Crippen LogP) is 5.16. The Bertz CT molecular complexity index is 1310. The van der Waals surface area contributed by atoms with Gasteiger partial charge in [-0.05, 0) is 79.8 Å². The van der Waals surface area contributed by atoms with E-state index < -0.39 is 10.0 Å². The molecule has 1 heterocycles. The number of halogens is 1. The zero-order chi connectivity index (χ0) is 24.3. The van der Waals surface area contributed by atoms with Gasteiger partial charge in [0.15, 0.2) is 6.61 Å². The molecule has 1 amide bonds. The van der Waals surface area contributed by atoms with Gasteiger partial charge in [0.1, 0.15) is 5.75 Å². The van der Waals surface area contributed by atoms with Crippen molar-refractivity contribution in [3.63, 3.8) is 0 Å². The molecule has 3 aromatic rings. The number of amides is 1. The average molecular weight is 543 g/mol. The van der Waals surface area contributed by atoms with Gasteiger partial charge in [-0.3, -0.25) is 9.10 Å². The Balaban J connectivity index is 1.43. The van der Waals surface area contributed by atoms with E-state index in [0.717, 1.165) is 34.1 Å². The standard InChI is InChI=1S/C26H27BrN2O4S/c1-18-15-23(34(31,32)29-14-6-9-20-7-3-4-11-24(20)29)12-13-25(18)33-17-26(30)28-19(2)21-8-5-10-22(27)16-21/h3-5,7-8,10-13,15-16,19H,6,9,14,17H2,1-2H3,(H,28,30). The number of rotatable bonds is 7. The molecule has 0 aromatic heterocycles. The Hall–Kier alpha value is -2.84. The maximum absolute atomic E-state index is 13.4. The third-order valence-electron chi connectivity index (χ3n) is 5.89. The molecule has 1 unspecified atom stereocenters. The molecule has 3 aromatic carbocycles. The van der Waals surface area contributed by atoms with Crippen molar-refractivity contribution in [2.24, 2.45) is 0 Å². The van der Waals surface area contributed by atoms with Crippen LogP contribution in [0, 0.1) is 6.92 Å². The van der Waals surface area contributed by atoms with Crippen LogP contribution in [0.1, 0.15) is 36.1 Å². The first kappa shape index (κ1) is 24.3. The first-order valence-corrected chi connectivity index (χ1v) is 13.4. The molecule has 8 heteroatoms. The van der Waals surface area contributed by atoms with Gasteiger partial charge in [0, 0.05) is 11.0 Å². The number of carbonyl (C=O) groups is 1. The molecule has 1 aliphatic rings. The Morgan fingerprint density at radius 3 is 2.68 bits per heavy atom. The van der Waals surface area contributed by atoms with E-state index in [9.17, 15) is 13.2 Å². The highest BCUT2D eigenvalue weighted by Crippen LogP contribution is 2.33. The van der Waals surface area contributed by atoms with Crippen LogP contribution in [0.5, 0.6) is 5.75 Å². The van der Waals surface area contributed by atoms with Crippen LogP contribution < -0.4 is 14.4 Å². The van der Waals surface area contributed by atoms with E-state index in [0.29, 0.717) is 17.9 Å². The number of benzene rings is 3. The molecule has 34 heavy (non-hydrogen) atoms. The topological polar surface area (TPSA) is 75.7 Å². The van der Waals surface area contributed by atoms with Crippen molar-refractivity contribution in [1.29, 1.82) is 0 Å². The van der Waals surface area contributed by atoms with E-state index >= 15 is 0 Å². The molecule has 0 radical (unpaired) electrons. The minimum Gasteiger partial charge on any atom is -0.484 e. The predicted molar refractivity (Wildman–Crippen MR) is 137 cm³/mol. The number of hydrogen-bond donors (Lipinski definition) is 1.